The van der Waals surface area contributed by atoms with Crippen molar-refractivity contribution in [1.29, 1.82) is 0 Å². The molecule has 1 aromatic carbocycles. The SMILES string of the molecule is CC(N)C(C)C(=O)NCC1(c2ccc(Br)cc2)CCCC1. The van der Waals surface area contributed by atoms with E-state index in [-0.39, 0.29) is 23.3 Å². The highest BCUT2D eigenvalue weighted by Crippen LogP contribution is 2.41. The zero-order valence-electron chi connectivity index (χ0n) is 12.9. The van der Waals surface area contributed by atoms with Crippen LogP contribution in [0, 0.1) is 5.92 Å². The molecule has 1 saturated carbocycles. The molecule has 1 fully saturated rings. The molecule has 0 spiro atoms. The van der Waals surface area contributed by atoms with Gasteiger partial charge in [0.1, 0.15) is 0 Å². The molecular weight excluding hydrogens is 328 g/mol. The first-order chi connectivity index (χ1) is 9.94. The Morgan fingerprint density at radius 2 is 1.86 bits per heavy atom. The van der Waals surface area contributed by atoms with E-state index in [0.717, 1.165) is 17.3 Å². The molecule has 0 aliphatic heterocycles. The lowest BCUT2D eigenvalue weighted by Crippen LogP contribution is -2.44. The summed E-state index contributed by atoms with van der Waals surface area (Å²) in [5.41, 5.74) is 7.24. The number of hydrogen-bond donors (Lipinski definition) is 2. The van der Waals surface area contributed by atoms with Gasteiger partial charge in [-0.05, 0) is 37.5 Å². The van der Waals surface area contributed by atoms with Crippen molar-refractivity contribution in [1.82, 2.24) is 5.32 Å². The van der Waals surface area contributed by atoms with Crippen LogP contribution in [0.3, 0.4) is 0 Å². The van der Waals surface area contributed by atoms with E-state index < -0.39 is 0 Å². The van der Waals surface area contributed by atoms with Crippen LogP contribution < -0.4 is 11.1 Å². The first-order valence-corrected chi connectivity index (χ1v) is 8.53. The third kappa shape index (κ3) is 3.86. The van der Waals surface area contributed by atoms with Crippen LogP contribution >= 0.6 is 15.9 Å². The monoisotopic (exact) mass is 352 g/mol. The van der Waals surface area contributed by atoms with Crippen molar-refractivity contribution in [3.63, 3.8) is 0 Å². The Morgan fingerprint density at radius 3 is 2.38 bits per heavy atom. The second-order valence-electron chi connectivity index (χ2n) is 6.36. The van der Waals surface area contributed by atoms with Gasteiger partial charge in [-0.2, -0.15) is 0 Å². The average Bonchev–Trinajstić information content (AvgIpc) is 2.94. The molecule has 1 aliphatic rings. The minimum Gasteiger partial charge on any atom is -0.355 e. The van der Waals surface area contributed by atoms with Gasteiger partial charge < -0.3 is 11.1 Å². The quantitative estimate of drug-likeness (QED) is 0.853. The minimum atomic E-state index is -0.145. The summed E-state index contributed by atoms with van der Waals surface area (Å²) < 4.78 is 1.09. The molecule has 1 amide bonds. The Balaban J connectivity index is 2.09. The van der Waals surface area contributed by atoms with Crippen molar-refractivity contribution < 1.29 is 4.79 Å². The van der Waals surface area contributed by atoms with E-state index in [1.807, 2.05) is 13.8 Å². The molecule has 1 aromatic rings. The maximum atomic E-state index is 12.2. The maximum absolute atomic E-state index is 12.2. The van der Waals surface area contributed by atoms with Gasteiger partial charge in [0.25, 0.3) is 0 Å². The molecule has 0 heterocycles. The Kier molecular flexibility index (Phi) is 5.44. The molecule has 4 heteroatoms. The third-order valence-electron chi connectivity index (χ3n) is 4.82. The molecule has 0 saturated heterocycles. The Labute approximate surface area is 135 Å². The van der Waals surface area contributed by atoms with Crippen molar-refractivity contribution in [3.05, 3.63) is 34.3 Å². The summed E-state index contributed by atoms with van der Waals surface area (Å²) in [7, 11) is 0. The molecule has 2 unspecified atom stereocenters. The topological polar surface area (TPSA) is 55.1 Å². The number of benzene rings is 1. The van der Waals surface area contributed by atoms with E-state index in [0.29, 0.717) is 6.54 Å². The van der Waals surface area contributed by atoms with Gasteiger partial charge in [-0.3, -0.25) is 4.79 Å². The fourth-order valence-electron chi connectivity index (χ4n) is 3.08. The van der Waals surface area contributed by atoms with Crippen LogP contribution in [-0.4, -0.2) is 18.5 Å². The summed E-state index contributed by atoms with van der Waals surface area (Å²) >= 11 is 3.49. The normalized spacial score (nSPS) is 20.0. The fraction of sp³-hybridized carbons (Fsp3) is 0.588. The Bertz CT molecular complexity index is 478. The first-order valence-electron chi connectivity index (χ1n) is 7.74. The van der Waals surface area contributed by atoms with Crippen LogP contribution in [0.1, 0.15) is 45.1 Å². The van der Waals surface area contributed by atoms with Crippen molar-refractivity contribution in [3.8, 4) is 0 Å². The standard InChI is InChI=1S/C17H25BrN2O/c1-12(13(2)19)16(21)20-11-17(9-3-4-10-17)14-5-7-15(18)8-6-14/h5-8,12-13H,3-4,9-11,19H2,1-2H3,(H,20,21). The molecule has 2 atom stereocenters. The number of nitrogens with two attached hydrogens (primary N) is 1. The first kappa shape index (κ1) is 16.5. The van der Waals surface area contributed by atoms with E-state index in [2.05, 4.69) is 45.5 Å². The van der Waals surface area contributed by atoms with Crippen LogP contribution in [0.4, 0.5) is 0 Å². The largest absolute Gasteiger partial charge is 0.355 e. The van der Waals surface area contributed by atoms with E-state index in [4.69, 9.17) is 5.73 Å². The number of carbonyl (C=O) groups is 1. The molecule has 0 radical (unpaired) electrons. The van der Waals surface area contributed by atoms with Gasteiger partial charge >= 0.3 is 0 Å². The van der Waals surface area contributed by atoms with Gasteiger partial charge in [-0.15, -0.1) is 0 Å². The molecule has 1 aliphatic carbocycles. The molecular formula is C17H25BrN2O. The highest BCUT2D eigenvalue weighted by molar-refractivity contribution is 9.10. The van der Waals surface area contributed by atoms with Crippen LogP contribution in [0.15, 0.2) is 28.7 Å². The predicted molar refractivity (Wildman–Crippen MR) is 90.1 cm³/mol. The second-order valence-corrected chi connectivity index (χ2v) is 7.28. The predicted octanol–water partition coefficient (Wildman–Crippen LogP) is 3.36. The summed E-state index contributed by atoms with van der Waals surface area (Å²) in [6.45, 7) is 4.48. The van der Waals surface area contributed by atoms with Gasteiger partial charge in [0, 0.05) is 28.4 Å². The maximum Gasteiger partial charge on any atom is 0.224 e. The van der Waals surface area contributed by atoms with Crippen molar-refractivity contribution in [2.24, 2.45) is 11.7 Å². The molecule has 21 heavy (non-hydrogen) atoms. The second kappa shape index (κ2) is 6.93. The molecule has 3 nitrogen and oxygen atoms in total. The Hall–Kier alpha value is -0.870. The molecule has 0 aromatic heterocycles. The van der Waals surface area contributed by atoms with Crippen molar-refractivity contribution in [2.75, 3.05) is 6.54 Å². The third-order valence-corrected chi connectivity index (χ3v) is 5.35. The lowest BCUT2D eigenvalue weighted by molar-refractivity contribution is -0.125. The average molecular weight is 353 g/mol. The number of halogens is 1. The van der Waals surface area contributed by atoms with E-state index in [1.54, 1.807) is 0 Å². The Morgan fingerprint density at radius 1 is 1.29 bits per heavy atom. The van der Waals surface area contributed by atoms with Crippen molar-refractivity contribution in [2.45, 2.75) is 51.0 Å². The number of nitrogens with one attached hydrogen (secondary N) is 1. The lowest BCUT2D eigenvalue weighted by atomic mass is 9.78. The highest BCUT2D eigenvalue weighted by atomic mass is 79.9. The smallest absolute Gasteiger partial charge is 0.224 e. The lowest BCUT2D eigenvalue weighted by Gasteiger charge is -2.31. The molecule has 2 rings (SSSR count). The molecule has 116 valence electrons. The zero-order valence-corrected chi connectivity index (χ0v) is 14.4. The van der Waals surface area contributed by atoms with Gasteiger partial charge in [-0.1, -0.05) is 47.8 Å². The fourth-order valence-corrected chi connectivity index (χ4v) is 3.34. The van der Waals surface area contributed by atoms with Crippen LogP contribution in [0.25, 0.3) is 0 Å². The van der Waals surface area contributed by atoms with Gasteiger partial charge in [0.15, 0.2) is 0 Å². The van der Waals surface area contributed by atoms with E-state index in [1.165, 1.54) is 18.4 Å². The molecule has 3 N–H and O–H groups in total. The molecule has 0 bridgehead atoms. The number of rotatable bonds is 5. The number of hydrogen-bond acceptors (Lipinski definition) is 2. The summed E-state index contributed by atoms with van der Waals surface area (Å²) in [6.07, 6.45) is 4.74. The minimum absolute atomic E-state index is 0.0633. The van der Waals surface area contributed by atoms with Crippen molar-refractivity contribution >= 4 is 21.8 Å². The van der Waals surface area contributed by atoms with Gasteiger partial charge in [0.2, 0.25) is 5.91 Å². The van der Waals surface area contributed by atoms with E-state index in [9.17, 15) is 4.79 Å². The number of amides is 1. The zero-order chi connectivity index (χ0) is 15.5. The summed E-state index contributed by atoms with van der Waals surface area (Å²) in [5, 5.41) is 3.13. The summed E-state index contributed by atoms with van der Waals surface area (Å²) in [5.74, 6) is -0.0817. The number of carbonyl (C=O) groups excluding carboxylic acids is 1. The van der Waals surface area contributed by atoms with Crippen LogP contribution in [0.2, 0.25) is 0 Å². The van der Waals surface area contributed by atoms with Gasteiger partial charge in [-0.25, -0.2) is 0 Å². The summed E-state index contributed by atoms with van der Waals surface area (Å²) in [6, 6.07) is 8.41. The van der Waals surface area contributed by atoms with Gasteiger partial charge in [0.05, 0.1) is 0 Å². The van der Waals surface area contributed by atoms with E-state index >= 15 is 0 Å². The van der Waals surface area contributed by atoms with Crippen LogP contribution in [-0.2, 0) is 10.2 Å². The highest BCUT2D eigenvalue weighted by Gasteiger charge is 2.36. The summed E-state index contributed by atoms with van der Waals surface area (Å²) in [4.78, 5) is 12.2. The van der Waals surface area contributed by atoms with Crippen LogP contribution in [0.5, 0.6) is 0 Å².